The number of aromatic nitrogens is 3. The Labute approximate surface area is 221 Å². The Morgan fingerprint density at radius 1 is 0.868 bits per heavy atom. The van der Waals surface area contributed by atoms with Crippen LogP contribution in [-0.2, 0) is 16.5 Å². The van der Waals surface area contributed by atoms with Crippen molar-refractivity contribution in [3.63, 3.8) is 0 Å². The molecule has 0 aliphatic rings. The fourth-order valence-electron chi connectivity index (χ4n) is 3.87. The van der Waals surface area contributed by atoms with Crippen molar-refractivity contribution in [1.82, 2.24) is 14.5 Å². The molecule has 0 saturated carbocycles. The molecule has 0 unspecified atom stereocenters. The number of nitrogens with zero attached hydrogens (tertiary/aromatic N) is 4. The molecule has 0 atom stereocenters. The first kappa shape index (κ1) is 26.8. The molecule has 2 heterocycles. The lowest BCUT2D eigenvalue weighted by Gasteiger charge is -2.28. The monoisotopic (exact) mass is 518 g/mol. The number of fused-ring (bicyclic) bond motifs is 1. The van der Waals surface area contributed by atoms with E-state index in [9.17, 15) is 14.0 Å². The molecule has 38 heavy (non-hydrogen) atoms. The number of aryl methyl sites for hydroxylation is 1. The van der Waals surface area contributed by atoms with Crippen LogP contribution < -0.4 is 4.90 Å². The molecule has 4 aromatic rings. The van der Waals surface area contributed by atoms with Crippen LogP contribution in [0.15, 0.2) is 61.2 Å². The number of hydrogen-bond acceptors (Lipinski definition) is 6. The molecule has 2 aromatic heterocycles. The summed E-state index contributed by atoms with van der Waals surface area (Å²) in [5.74, 6) is -0.353. The van der Waals surface area contributed by atoms with Gasteiger partial charge in [-0.25, -0.2) is 23.9 Å². The van der Waals surface area contributed by atoms with Crippen molar-refractivity contribution in [2.75, 3.05) is 4.90 Å². The number of carbonyl (C=O) groups is 2. The van der Waals surface area contributed by atoms with Crippen molar-refractivity contribution < 1.29 is 23.5 Å². The molecule has 9 heteroatoms. The quantitative estimate of drug-likeness (QED) is 0.287. The van der Waals surface area contributed by atoms with Crippen molar-refractivity contribution in [2.45, 2.75) is 52.7 Å². The second-order valence-corrected chi connectivity index (χ2v) is 11.0. The Morgan fingerprint density at radius 2 is 1.50 bits per heavy atom. The second kappa shape index (κ2) is 9.89. The minimum absolute atomic E-state index is 0.0291. The Hall–Kier alpha value is -4.27. The Balaban J connectivity index is 1.98. The number of carbonyl (C=O) groups excluding carboxylic acids is 2. The molecule has 0 aliphatic heterocycles. The molecule has 2 amide bonds. The van der Waals surface area contributed by atoms with Gasteiger partial charge in [-0.3, -0.25) is 0 Å². The first-order valence-corrected chi connectivity index (χ1v) is 12.1. The van der Waals surface area contributed by atoms with Gasteiger partial charge in [0.2, 0.25) is 0 Å². The lowest BCUT2D eigenvalue weighted by molar-refractivity contribution is 0.0429. The Morgan fingerprint density at radius 3 is 2.05 bits per heavy atom. The van der Waals surface area contributed by atoms with E-state index >= 15 is 0 Å². The number of imidazole rings is 1. The molecule has 0 bridgehead atoms. The highest BCUT2D eigenvalue weighted by atomic mass is 19.1. The number of halogens is 1. The standard InChI is InChI=1S/C29H31FN4O4/c1-28(2,3)37-26(35)34(27(36)38-29(4,5)6)25-22-14-19(18-9-8-10-20(30)13-18)11-12-21(22)23(15-31-25)24-16-33(7)17-32-24/h8-17H,1-7H3. The predicted octanol–water partition coefficient (Wildman–Crippen LogP) is 7.12. The third kappa shape index (κ3) is 5.99. The first-order valence-electron chi connectivity index (χ1n) is 12.1. The van der Waals surface area contributed by atoms with Gasteiger partial charge in [-0.05, 0) is 76.3 Å². The molecule has 4 rings (SSSR count). The van der Waals surface area contributed by atoms with Gasteiger partial charge < -0.3 is 14.0 Å². The zero-order valence-corrected chi connectivity index (χ0v) is 22.6. The highest BCUT2D eigenvalue weighted by Gasteiger charge is 2.35. The van der Waals surface area contributed by atoms with Gasteiger partial charge in [0.05, 0.1) is 12.0 Å². The van der Waals surface area contributed by atoms with Gasteiger partial charge in [0, 0.05) is 30.4 Å². The third-order valence-electron chi connectivity index (χ3n) is 5.37. The highest BCUT2D eigenvalue weighted by Crippen LogP contribution is 2.36. The molecular weight excluding hydrogens is 487 g/mol. The molecule has 0 aliphatic carbocycles. The van der Waals surface area contributed by atoms with E-state index in [1.165, 1.54) is 12.1 Å². The molecule has 0 N–H and O–H groups in total. The summed E-state index contributed by atoms with van der Waals surface area (Å²) in [7, 11) is 1.86. The van der Waals surface area contributed by atoms with Crippen molar-refractivity contribution in [1.29, 1.82) is 0 Å². The van der Waals surface area contributed by atoms with E-state index in [4.69, 9.17) is 9.47 Å². The summed E-state index contributed by atoms with van der Waals surface area (Å²) in [4.78, 5) is 36.6. The smallest absolute Gasteiger partial charge is 0.425 e. The summed E-state index contributed by atoms with van der Waals surface area (Å²) in [6.45, 7) is 10.2. The summed E-state index contributed by atoms with van der Waals surface area (Å²) in [5.41, 5.74) is 0.898. The molecular formula is C29H31FN4O4. The molecule has 2 aromatic carbocycles. The van der Waals surface area contributed by atoms with E-state index in [1.807, 2.05) is 29.9 Å². The van der Waals surface area contributed by atoms with Crippen LogP contribution in [0.25, 0.3) is 33.2 Å². The largest absolute Gasteiger partial charge is 0.443 e. The lowest BCUT2D eigenvalue weighted by atomic mass is 9.98. The van der Waals surface area contributed by atoms with Gasteiger partial charge in [0.25, 0.3) is 0 Å². The molecule has 198 valence electrons. The van der Waals surface area contributed by atoms with Crippen LogP contribution in [0.5, 0.6) is 0 Å². The van der Waals surface area contributed by atoms with E-state index < -0.39 is 23.4 Å². The van der Waals surface area contributed by atoms with Crippen molar-refractivity contribution >= 4 is 28.8 Å². The number of imide groups is 1. The van der Waals surface area contributed by atoms with E-state index in [2.05, 4.69) is 9.97 Å². The van der Waals surface area contributed by atoms with Gasteiger partial charge in [0.15, 0.2) is 5.82 Å². The summed E-state index contributed by atoms with van der Waals surface area (Å²) in [5, 5.41) is 1.15. The summed E-state index contributed by atoms with van der Waals surface area (Å²) in [6.07, 6.45) is 3.22. The van der Waals surface area contributed by atoms with Crippen LogP contribution in [0, 0.1) is 5.82 Å². The zero-order valence-electron chi connectivity index (χ0n) is 22.6. The summed E-state index contributed by atoms with van der Waals surface area (Å²) >= 11 is 0. The number of ether oxygens (including phenoxy) is 2. The molecule has 8 nitrogen and oxygen atoms in total. The maximum absolute atomic E-state index is 14.0. The number of benzene rings is 2. The Bertz CT molecular complexity index is 1490. The Kier molecular flexibility index (Phi) is 6.97. The van der Waals surface area contributed by atoms with E-state index in [0.717, 1.165) is 4.90 Å². The maximum atomic E-state index is 14.0. The molecule has 0 radical (unpaired) electrons. The van der Waals surface area contributed by atoms with Crippen LogP contribution in [0.1, 0.15) is 41.5 Å². The van der Waals surface area contributed by atoms with Crippen LogP contribution in [0.2, 0.25) is 0 Å². The average Bonchev–Trinajstić information content (AvgIpc) is 3.22. The second-order valence-electron chi connectivity index (χ2n) is 11.0. The van der Waals surface area contributed by atoms with Crippen molar-refractivity contribution in [3.8, 4) is 22.4 Å². The zero-order chi connectivity index (χ0) is 27.8. The predicted molar refractivity (Wildman–Crippen MR) is 144 cm³/mol. The lowest BCUT2D eigenvalue weighted by Crippen LogP contribution is -2.44. The van der Waals surface area contributed by atoms with Crippen molar-refractivity contribution in [3.05, 3.63) is 67.0 Å². The van der Waals surface area contributed by atoms with E-state index in [0.29, 0.717) is 33.2 Å². The number of amides is 2. The first-order chi connectivity index (χ1) is 17.7. The summed E-state index contributed by atoms with van der Waals surface area (Å²) < 4.78 is 27.0. The number of rotatable bonds is 3. The topological polar surface area (TPSA) is 86.5 Å². The van der Waals surface area contributed by atoms with Gasteiger partial charge in [-0.1, -0.05) is 24.3 Å². The average molecular weight is 519 g/mol. The van der Waals surface area contributed by atoms with Crippen LogP contribution in [-0.4, -0.2) is 37.9 Å². The minimum Gasteiger partial charge on any atom is -0.443 e. The third-order valence-corrected chi connectivity index (χ3v) is 5.37. The number of hydrogen-bond donors (Lipinski definition) is 0. The maximum Gasteiger partial charge on any atom is 0.425 e. The minimum atomic E-state index is -0.928. The normalized spacial score (nSPS) is 11.9. The SMILES string of the molecule is Cn1cnc(-c2cnc(N(C(=O)OC(C)(C)C)C(=O)OC(C)(C)C)c3cc(-c4cccc(F)c4)ccc23)c1. The van der Waals surface area contributed by atoms with E-state index in [1.54, 1.807) is 72.3 Å². The van der Waals surface area contributed by atoms with Gasteiger partial charge in [0.1, 0.15) is 17.0 Å². The van der Waals surface area contributed by atoms with Crippen LogP contribution in [0.3, 0.4) is 0 Å². The van der Waals surface area contributed by atoms with Gasteiger partial charge in [-0.2, -0.15) is 4.90 Å². The fraction of sp³-hybridized carbons (Fsp3) is 0.310. The summed E-state index contributed by atoms with van der Waals surface area (Å²) in [6, 6.07) is 11.6. The van der Waals surface area contributed by atoms with Gasteiger partial charge in [-0.15, -0.1) is 0 Å². The molecule has 0 fully saturated rings. The van der Waals surface area contributed by atoms with Crippen LogP contribution >= 0.6 is 0 Å². The number of pyridine rings is 1. The molecule has 0 spiro atoms. The van der Waals surface area contributed by atoms with E-state index in [-0.39, 0.29) is 11.6 Å². The van der Waals surface area contributed by atoms with Crippen LogP contribution in [0.4, 0.5) is 19.8 Å². The number of anilines is 1. The molecule has 0 saturated heterocycles. The fourth-order valence-corrected chi connectivity index (χ4v) is 3.87. The highest BCUT2D eigenvalue weighted by molar-refractivity contribution is 6.15. The van der Waals surface area contributed by atoms with Gasteiger partial charge >= 0.3 is 12.2 Å². The van der Waals surface area contributed by atoms with Crippen molar-refractivity contribution in [2.24, 2.45) is 7.05 Å².